The molecule has 0 unspecified atom stereocenters. The van der Waals surface area contributed by atoms with Crippen molar-refractivity contribution in [3.63, 3.8) is 0 Å². The first-order valence-corrected chi connectivity index (χ1v) is 10.4. The molecule has 2 N–H and O–H groups in total. The van der Waals surface area contributed by atoms with Gasteiger partial charge in [-0.25, -0.2) is 13.2 Å². The quantitative estimate of drug-likeness (QED) is 0.599. The van der Waals surface area contributed by atoms with Gasteiger partial charge in [-0.1, -0.05) is 12.1 Å². The van der Waals surface area contributed by atoms with Crippen LogP contribution in [0.5, 0.6) is 5.75 Å². The van der Waals surface area contributed by atoms with Crippen LogP contribution in [0.3, 0.4) is 0 Å². The molecule has 3 aromatic rings. The number of fused-ring (bicyclic) bond motifs is 1. The highest BCUT2D eigenvalue weighted by molar-refractivity contribution is 5.99. The molecule has 4 rings (SSSR count). The number of hydrogen-bond acceptors (Lipinski definition) is 4. The normalized spacial score (nSPS) is 13.1. The summed E-state index contributed by atoms with van der Waals surface area (Å²) < 4.78 is 41.8. The van der Waals surface area contributed by atoms with E-state index in [2.05, 4.69) is 5.32 Å². The molecule has 2 aromatic carbocycles. The summed E-state index contributed by atoms with van der Waals surface area (Å²) in [5.74, 6) is -4.47. The van der Waals surface area contributed by atoms with Crippen molar-refractivity contribution in [2.24, 2.45) is 0 Å². The average molecular weight is 471 g/mol. The SMILES string of the molecule is Cc1ccc(F)cc1CN1CCn2cc(C(=O)NCc3ccc(F)cc3F)c(=O)c(O)c2C1=O. The molecule has 2 amide bonds. The van der Waals surface area contributed by atoms with Gasteiger partial charge in [-0.15, -0.1) is 0 Å². The summed E-state index contributed by atoms with van der Waals surface area (Å²) >= 11 is 0. The van der Waals surface area contributed by atoms with Gasteiger partial charge in [0.1, 0.15) is 23.0 Å². The third-order valence-corrected chi connectivity index (χ3v) is 5.73. The fourth-order valence-electron chi connectivity index (χ4n) is 3.79. The van der Waals surface area contributed by atoms with Crippen LogP contribution in [0.1, 0.15) is 37.5 Å². The second kappa shape index (κ2) is 9.05. The Bertz CT molecular complexity index is 1370. The van der Waals surface area contributed by atoms with Crippen molar-refractivity contribution in [2.75, 3.05) is 6.54 Å². The summed E-state index contributed by atoms with van der Waals surface area (Å²) in [7, 11) is 0. The van der Waals surface area contributed by atoms with Gasteiger partial charge in [-0.2, -0.15) is 0 Å². The van der Waals surface area contributed by atoms with Gasteiger partial charge < -0.3 is 19.9 Å². The van der Waals surface area contributed by atoms with Gasteiger partial charge >= 0.3 is 0 Å². The van der Waals surface area contributed by atoms with Gasteiger partial charge in [0.25, 0.3) is 11.8 Å². The molecule has 0 saturated heterocycles. The second-order valence-electron chi connectivity index (χ2n) is 7.98. The Morgan fingerprint density at radius 2 is 1.74 bits per heavy atom. The van der Waals surface area contributed by atoms with Crippen LogP contribution < -0.4 is 10.7 Å². The summed E-state index contributed by atoms with van der Waals surface area (Å²) in [5, 5.41) is 12.8. The number of aromatic hydroxyl groups is 1. The molecule has 1 aliphatic heterocycles. The van der Waals surface area contributed by atoms with E-state index in [1.807, 2.05) is 0 Å². The van der Waals surface area contributed by atoms with Crippen LogP contribution in [-0.4, -0.2) is 32.9 Å². The van der Waals surface area contributed by atoms with Gasteiger partial charge in [0.05, 0.1) is 0 Å². The predicted molar refractivity (Wildman–Crippen MR) is 116 cm³/mol. The standard InChI is InChI=1S/C24H20F3N3O4/c1-13-2-4-16(25)8-15(13)11-30-7-6-29-12-18(21(31)22(32)20(29)24(30)34)23(33)28-10-14-3-5-17(26)9-19(14)27/h2-5,8-9,12,32H,6-7,10-11H2,1H3,(H,28,33). The number of hydrogen-bond donors (Lipinski definition) is 2. The molecule has 1 aromatic heterocycles. The molecule has 176 valence electrons. The fraction of sp³-hybridized carbons (Fsp3) is 0.208. The number of aryl methyl sites for hydroxylation is 1. The van der Waals surface area contributed by atoms with E-state index < -0.39 is 46.0 Å². The number of carbonyl (C=O) groups excluding carboxylic acids is 2. The molecule has 7 nitrogen and oxygen atoms in total. The van der Waals surface area contributed by atoms with Gasteiger partial charge in [0, 0.05) is 44.0 Å². The smallest absolute Gasteiger partial charge is 0.274 e. The number of rotatable bonds is 5. The molecule has 0 atom stereocenters. The van der Waals surface area contributed by atoms with E-state index in [0.29, 0.717) is 11.6 Å². The Balaban J connectivity index is 1.56. The van der Waals surface area contributed by atoms with Crippen LogP contribution in [0.25, 0.3) is 0 Å². The van der Waals surface area contributed by atoms with E-state index in [1.54, 1.807) is 13.0 Å². The first-order valence-electron chi connectivity index (χ1n) is 10.4. The fourth-order valence-corrected chi connectivity index (χ4v) is 3.79. The molecule has 0 saturated carbocycles. The largest absolute Gasteiger partial charge is 0.503 e. The maximum Gasteiger partial charge on any atom is 0.274 e. The predicted octanol–water partition coefficient (Wildman–Crippen LogP) is 2.87. The van der Waals surface area contributed by atoms with Crippen molar-refractivity contribution in [2.45, 2.75) is 26.6 Å². The Morgan fingerprint density at radius 3 is 2.47 bits per heavy atom. The summed E-state index contributed by atoms with van der Waals surface area (Å²) in [6.45, 7) is 1.93. The van der Waals surface area contributed by atoms with Crippen molar-refractivity contribution < 1.29 is 27.9 Å². The van der Waals surface area contributed by atoms with E-state index in [-0.39, 0.29) is 37.4 Å². The van der Waals surface area contributed by atoms with E-state index in [0.717, 1.165) is 23.9 Å². The number of pyridine rings is 1. The molecule has 34 heavy (non-hydrogen) atoms. The highest BCUT2D eigenvalue weighted by Gasteiger charge is 2.31. The molecule has 2 heterocycles. The maximum absolute atomic E-state index is 13.8. The zero-order valence-corrected chi connectivity index (χ0v) is 18.1. The Labute approximate surface area is 192 Å². The highest BCUT2D eigenvalue weighted by atomic mass is 19.1. The number of aromatic nitrogens is 1. The van der Waals surface area contributed by atoms with Gasteiger partial charge in [0.15, 0.2) is 11.4 Å². The molecule has 1 aliphatic rings. The number of halogens is 3. The Hall–Kier alpha value is -4.08. The maximum atomic E-state index is 13.8. The summed E-state index contributed by atoms with van der Waals surface area (Å²) in [6, 6.07) is 7.10. The third kappa shape index (κ3) is 4.39. The lowest BCUT2D eigenvalue weighted by molar-refractivity contribution is 0.0681. The highest BCUT2D eigenvalue weighted by Crippen LogP contribution is 2.23. The first-order chi connectivity index (χ1) is 16.2. The topological polar surface area (TPSA) is 91.6 Å². The monoisotopic (exact) mass is 471 g/mol. The molecular weight excluding hydrogens is 451 g/mol. The lowest BCUT2D eigenvalue weighted by Gasteiger charge is -2.31. The van der Waals surface area contributed by atoms with Crippen LogP contribution >= 0.6 is 0 Å². The molecule has 0 spiro atoms. The zero-order chi connectivity index (χ0) is 24.6. The van der Waals surface area contributed by atoms with Crippen molar-refractivity contribution >= 4 is 11.8 Å². The van der Waals surface area contributed by atoms with E-state index in [4.69, 9.17) is 0 Å². The molecule has 0 bridgehead atoms. The van der Waals surface area contributed by atoms with Crippen molar-refractivity contribution in [3.05, 3.63) is 98.2 Å². The number of benzene rings is 2. The molecule has 10 heteroatoms. The molecule has 0 radical (unpaired) electrons. The van der Waals surface area contributed by atoms with Crippen molar-refractivity contribution in [3.8, 4) is 5.75 Å². The van der Waals surface area contributed by atoms with Gasteiger partial charge in [-0.3, -0.25) is 14.4 Å². The number of nitrogens with zero attached hydrogens (tertiary/aromatic N) is 2. The number of nitrogens with one attached hydrogen (secondary N) is 1. The van der Waals surface area contributed by atoms with Crippen LogP contribution in [0.4, 0.5) is 13.2 Å². The van der Waals surface area contributed by atoms with Crippen LogP contribution in [0.2, 0.25) is 0 Å². The zero-order valence-electron chi connectivity index (χ0n) is 18.1. The van der Waals surface area contributed by atoms with Crippen LogP contribution in [0, 0.1) is 24.4 Å². The van der Waals surface area contributed by atoms with E-state index in [1.165, 1.54) is 21.6 Å². The van der Waals surface area contributed by atoms with Crippen LogP contribution in [0.15, 0.2) is 47.4 Å². The molecule has 0 fully saturated rings. The van der Waals surface area contributed by atoms with Crippen LogP contribution in [-0.2, 0) is 19.6 Å². The van der Waals surface area contributed by atoms with Crippen molar-refractivity contribution in [1.29, 1.82) is 0 Å². The number of amides is 2. The van der Waals surface area contributed by atoms with Gasteiger partial charge in [0.2, 0.25) is 5.43 Å². The van der Waals surface area contributed by atoms with Gasteiger partial charge in [-0.05, 0) is 36.2 Å². The lowest BCUT2D eigenvalue weighted by Crippen LogP contribution is -2.42. The minimum absolute atomic E-state index is 0.00972. The molecule has 0 aliphatic carbocycles. The summed E-state index contributed by atoms with van der Waals surface area (Å²) in [4.78, 5) is 39.6. The minimum atomic E-state index is -1.06. The van der Waals surface area contributed by atoms with Crippen molar-refractivity contribution in [1.82, 2.24) is 14.8 Å². The lowest BCUT2D eigenvalue weighted by atomic mass is 10.1. The Morgan fingerprint density at radius 1 is 1.03 bits per heavy atom. The second-order valence-corrected chi connectivity index (χ2v) is 7.98. The third-order valence-electron chi connectivity index (χ3n) is 5.73. The molecular formula is C24H20F3N3O4. The Kier molecular flexibility index (Phi) is 6.14. The summed E-state index contributed by atoms with van der Waals surface area (Å²) in [6.07, 6.45) is 1.16. The van der Waals surface area contributed by atoms with E-state index in [9.17, 15) is 32.7 Å². The number of carbonyl (C=O) groups is 2. The summed E-state index contributed by atoms with van der Waals surface area (Å²) in [5.41, 5.74) is -0.368. The average Bonchev–Trinajstić information content (AvgIpc) is 2.79. The first kappa shape index (κ1) is 23.1. The van der Waals surface area contributed by atoms with E-state index >= 15 is 0 Å². The minimum Gasteiger partial charge on any atom is -0.503 e.